The van der Waals surface area contributed by atoms with E-state index >= 15 is 0 Å². The van der Waals surface area contributed by atoms with Crippen molar-refractivity contribution < 1.29 is 9.53 Å². The average Bonchev–Trinajstić information content (AvgIpc) is 2.41. The molecule has 0 amide bonds. The SMILES string of the molecule is O=C(COCc1ccccc1Br)c1ccc(Cl)cc1. The van der Waals surface area contributed by atoms with E-state index in [0.29, 0.717) is 17.2 Å². The Morgan fingerprint density at radius 3 is 2.47 bits per heavy atom. The smallest absolute Gasteiger partial charge is 0.188 e. The first-order valence-corrected chi connectivity index (χ1v) is 6.94. The molecule has 19 heavy (non-hydrogen) atoms. The van der Waals surface area contributed by atoms with Crippen LogP contribution in [0.2, 0.25) is 5.02 Å². The van der Waals surface area contributed by atoms with Crippen molar-refractivity contribution in [3.63, 3.8) is 0 Å². The van der Waals surface area contributed by atoms with Gasteiger partial charge in [0.1, 0.15) is 6.61 Å². The lowest BCUT2D eigenvalue weighted by Crippen LogP contribution is -2.09. The highest BCUT2D eigenvalue weighted by Gasteiger charge is 2.06. The number of halogens is 2. The van der Waals surface area contributed by atoms with Crippen LogP contribution < -0.4 is 0 Å². The Bertz CT molecular complexity index is 567. The predicted molar refractivity (Wildman–Crippen MR) is 79.6 cm³/mol. The molecule has 0 atom stereocenters. The van der Waals surface area contributed by atoms with E-state index in [1.807, 2.05) is 24.3 Å². The standard InChI is InChI=1S/C15H12BrClO2/c16-14-4-2-1-3-12(14)9-19-10-15(18)11-5-7-13(17)8-6-11/h1-8H,9-10H2. The summed E-state index contributed by atoms with van der Waals surface area (Å²) in [5.74, 6) is -0.0521. The number of ketones is 1. The fourth-order valence-electron chi connectivity index (χ4n) is 1.59. The number of ether oxygens (including phenoxy) is 1. The summed E-state index contributed by atoms with van der Waals surface area (Å²) in [6.45, 7) is 0.462. The maximum Gasteiger partial charge on any atom is 0.188 e. The quantitative estimate of drug-likeness (QED) is 0.750. The Labute approximate surface area is 125 Å². The van der Waals surface area contributed by atoms with Gasteiger partial charge in [0.15, 0.2) is 5.78 Å². The number of rotatable bonds is 5. The van der Waals surface area contributed by atoms with Crippen molar-refractivity contribution in [3.8, 4) is 0 Å². The molecular formula is C15H12BrClO2. The van der Waals surface area contributed by atoms with Gasteiger partial charge in [-0.25, -0.2) is 0 Å². The molecule has 0 saturated heterocycles. The summed E-state index contributed by atoms with van der Waals surface area (Å²) in [6.07, 6.45) is 0. The summed E-state index contributed by atoms with van der Waals surface area (Å²) in [7, 11) is 0. The van der Waals surface area contributed by atoms with Crippen molar-refractivity contribution in [3.05, 3.63) is 69.2 Å². The molecule has 4 heteroatoms. The molecule has 98 valence electrons. The van der Waals surface area contributed by atoms with Crippen LogP contribution in [0.15, 0.2) is 53.0 Å². The van der Waals surface area contributed by atoms with Crippen molar-refractivity contribution in [2.45, 2.75) is 6.61 Å². The molecular weight excluding hydrogens is 328 g/mol. The van der Waals surface area contributed by atoms with Crippen LogP contribution >= 0.6 is 27.5 Å². The lowest BCUT2D eigenvalue weighted by atomic mass is 10.1. The normalized spacial score (nSPS) is 10.4. The van der Waals surface area contributed by atoms with E-state index in [2.05, 4.69) is 15.9 Å². The predicted octanol–water partition coefficient (Wildman–Crippen LogP) is 4.50. The molecule has 0 fully saturated rings. The minimum Gasteiger partial charge on any atom is -0.369 e. The van der Waals surface area contributed by atoms with Crippen LogP contribution in [-0.4, -0.2) is 12.4 Å². The molecule has 0 unspecified atom stereocenters. The molecule has 2 nitrogen and oxygen atoms in total. The number of Topliss-reactive ketones (excluding diaryl/α,β-unsaturated/α-hetero) is 1. The topological polar surface area (TPSA) is 26.3 Å². The Morgan fingerprint density at radius 2 is 1.79 bits per heavy atom. The van der Waals surface area contributed by atoms with Crippen LogP contribution in [0, 0.1) is 0 Å². The van der Waals surface area contributed by atoms with Gasteiger partial charge in [-0.1, -0.05) is 45.7 Å². The largest absolute Gasteiger partial charge is 0.369 e. The number of carbonyl (C=O) groups is 1. The Balaban J connectivity index is 1.88. The first kappa shape index (κ1) is 14.3. The van der Waals surface area contributed by atoms with Gasteiger partial charge in [-0.2, -0.15) is 0 Å². The lowest BCUT2D eigenvalue weighted by molar-refractivity contribution is 0.0725. The van der Waals surface area contributed by atoms with Crippen molar-refractivity contribution in [2.75, 3.05) is 6.61 Å². The average molecular weight is 340 g/mol. The fraction of sp³-hybridized carbons (Fsp3) is 0.133. The maximum atomic E-state index is 11.9. The molecule has 0 aliphatic carbocycles. The zero-order valence-electron chi connectivity index (χ0n) is 10.1. The molecule has 0 N–H and O–H groups in total. The van der Waals surface area contributed by atoms with E-state index in [0.717, 1.165) is 10.0 Å². The first-order valence-electron chi connectivity index (χ1n) is 5.77. The summed E-state index contributed by atoms with van der Waals surface area (Å²) in [5, 5.41) is 0.616. The number of hydrogen-bond donors (Lipinski definition) is 0. The van der Waals surface area contributed by atoms with Gasteiger partial charge in [0.25, 0.3) is 0 Å². The van der Waals surface area contributed by atoms with Gasteiger partial charge in [0, 0.05) is 15.1 Å². The third-order valence-corrected chi connectivity index (χ3v) is 3.64. The number of hydrogen-bond acceptors (Lipinski definition) is 2. The van der Waals surface area contributed by atoms with Crippen molar-refractivity contribution >= 4 is 33.3 Å². The van der Waals surface area contributed by atoms with E-state index in [-0.39, 0.29) is 12.4 Å². The minimum absolute atomic E-state index is 0.0521. The summed E-state index contributed by atoms with van der Waals surface area (Å²) in [4.78, 5) is 11.9. The molecule has 0 aromatic heterocycles. The van der Waals surface area contributed by atoms with Crippen LogP contribution in [0.1, 0.15) is 15.9 Å². The third kappa shape index (κ3) is 4.16. The van der Waals surface area contributed by atoms with Gasteiger partial charge in [-0.15, -0.1) is 0 Å². The molecule has 0 aliphatic rings. The van der Waals surface area contributed by atoms with Crippen LogP contribution in [0.4, 0.5) is 0 Å². The molecule has 0 spiro atoms. The molecule has 0 bridgehead atoms. The molecule has 0 radical (unpaired) electrons. The zero-order chi connectivity index (χ0) is 13.7. The van der Waals surface area contributed by atoms with E-state index in [4.69, 9.17) is 16.3 Å². The summed E-state index contributed by atoms with van der Waals surface area (Å²) in [5.41, 5.74) is 1.63. The molecule has 2 aromatic rings. The molecule has 2 aromatic carbocycles. The van der Waals surface area contributed by atoms with E-state index in [1.54, 1.807) is 24.3 Å². The van der Waals surface area contributed by atoms with Gasteiger partial charge < -0.3 is 4.74 Å². The van der Waals surface area contributed by atoms with E-state index < -0.39 is 0 Å². The fourth-order valence-corrected chi connectivity index (χ4v) is 2.11. The van der Waals surface area contributed by atoms with E-state index in [9.17, 15) is 4.79 Å². The maximum absolute atomic E-state index is 11.9. The van der Waals surface area contributed by atoms with Crippen LogP contribution in [0.5, 0.6) is 0 Å². The van der Waals surface area contributed by atoms with Gasteiger partial charge in [-0.05, 0) is 35.9 Å². The Hall–Kier alpha value is -1.16. The second kappa shape index (κ2) is 6.85. The number of carbonyl (C=O) groups excluding carboxylic acids is 1. The van der Waals surface area contributed by atoms with Crippen molar-refractivity contribution in [1.29, 1.82) is 0 Å². The summed E-state index contributed by atoms with van der Waals surface area (Å²) in [6, 6.07) is 14.6. The van der Waals surface area contributed by atoms with Crippen molar-refractivity contribution in [1.82, 2.24) is 0 Å². The second-order valence-electron chi connectivity index (χ2n) is 4.01. The van der Waals surface area contributed by atoms with Gasteiger partial charge in [-0.3, -0.25) is 4.79 Å². The summed E-state index contributed by atoms with van der Waals surface area (Å²) >= 11 is 9.21. The molecule has 2 rings (SSSR count). The highest BCUT2D eigenvalue weighted by molar-refractivity contribution is 9.10. The Kier molecular flexibility index (Phi) is 5.14. The highest BCUT2D eigenvalue weighted by Crippen LogP contribution is 2.17. The van der Waals surface area contributed by atoms with Crippen LogP contribution in [0.3, 0.4) is 0 Å². The van der Waals surface area contributed by atoms with Crippen LogP contribution in [-0.2, 0) is 11.3 Å². The third-order valence-electron chi connectivity index (χ3n) is 2.61. The van der Waals surface area contributed by atoms with Gasteiger partial charge >= 0.3 is 0 Å². The molecule has 0 heterocycles. The summed E-state index contributed by atoms with van der Waals surface area (Å²) < 4.78 is 6.41. The molecule has 0 aliphatic heterocycles. The first-order chi connectivity index (χ1) is 9.16. The zero-order valence-corrected chi connectivity index (χ0v) is 12.4. The highest BCUT2D eigenvalue weighted by atomic mass is 79.9. The monoisotopic (exact) mass is 338 g/mol. The van der Waals surface area contributed by atoms with Crippen LogP contribution in [0.25, 0.3) is 0 Å². The number of benzene rings is 2. The van der Waals surface area contributed by atoms with Gasteiger partial charge in [0.2, 0.25) is 0 Å². The Morgan fingerprint density at radius 1 is 1.11 bits per heavy atom. The minimum atomic E-state index is -0.0521. The molecule has 0 saturated carbocycles. The lowest BCUT2D eigenvalue weighted by Gasteiger charge is -2.06. The van der Waals surface area contributed by atoms with Crippen molar-refractivity contribution in [2.24, 2.45) is 0 Å². The van der Waals surface area contributed by atoms with Gasteiger partial charge in [0.05, 0.1) is 6.61 Å². The van der Waals surface area contributed by atoms with E-state index in [1.165, 1.54) is 0 Å². The second-order valence-corrected chi connectivity index (χ2v) is 5.31.